The summed E-state index contributed by atoms with van der Waals surface area (Å²) < 4.78 is 6.25. The maximum absolute atomic E-state index is 13.3. The lowest BCUT2D eigenvalue weighted by molar-refractivity contribution is 0.0982. The molecule has 0 bridgehead atoms. The molecule has 2 aliphatic heterocycles. The van der Waals surface area contributed by atoms with Gasteiger partial charge in [-0.05, 0) is 62.7 Å². The Labute approximate surface area is 220 Å². The minimum atomic E-state index is -0.254. The fraction of sp³-hybridized carbons (Fsp3) is 0.346. The number of carbonyl (C=O) groups is 1. The van der Waals surface area contributed by atoms with Crippen LogP contribution in [0.25, 0.3) is 0 Å². The first-order chi connectivity index (χ1) is 17.3. The summed E-state index contributed by atoms with van der Waals surface area (Å²) in [5.41, 5.74) is 2.74. The van der Waals surface area contributed by atoms with Crippen LogP contribution in [0.1, 0.15) is 28.8 Å². The molecular formula is C26H28Cl2N6O2. The summed E-state index contributed by atoms with van der Waals surface area (Å²) in [6, 6.07) is 11.1. The highest BCUT2D eigenvalue weighted by Crippen LogP contribution is 2.37. The molecular weight excluding hydrogens is 499 g/mol. The van der Waals surface area contributed by atoms with Crippen LogP contribution in [0.2, 0.25) is 10.0 Å². The van der Waals surface area contributed by atoms with E-state index in [0.29, 0.717) is 33.1 Å². The van der Waals surface area contributed by atoms with Gasteiger partial charge in [0.2, 0.25) is 5.95 Å². The number of halogens is 2. The number of hydrogen-bond acceptors (Lipinski definition) is 7. The van der Waals surface area contributed by atoms with Crippen LogP contribution in [0.15, 0.2) is 42.6 Å². The van der Waals surface area contributed by atoms with Crippen LogP contribution in [0.4, 0.5) is 23.1 Å². The summed E-state index contributed by atoms with van der Waals surface area (Å²) in [7, 11) is 4.00. The topological polar surface area (TPSA) is 73.8 Å². The number of hydrogen-bond donors (Lipinski definition) is 1. The van der Waals surface area contributed by atoms with Crippen LogP contribution in [0.3, 0.4) is 0 Å². The fourth-order valence-electron chi connectivity index (χ4n) is 4.55. The van der Waals surface area contributed by atoms with E-state index in [1.807, 2.05) is 37.1 Å². The van der Waals surface area contributed by atoms with E-state index in [1.54, 1.807) is 18.2 Å². The van der Waals surface area contributed by atoms with Crippen LogP contribution in [0.5, 0.6) is 5.75 Å². The normalized spacial score (nSPS) is 16.8. The highest BCUT2D eigenvalue weighted by molar-refractivity contribution is 6.40. The minimum Gasteiger partial charge on any atom is -0.490 e. The van der Waals surface area contributed by atoms with Crippen molar-refractivity contribution in [3.05, 3.63) is 63.8 Å². The van der Waals surface area contributed by atoms with Gasteiger partial charge >= 0.3 is 0 Å². The second-order valence-corrected chi connectivity index (χ2v) is 10.1. The van der Waals surface area contributed by atoms with Gasteiger partial charge in [0.25, 0.3) is 5.91 Å². The maximum atomic E-state index is 13.3. The zero-order valence-electron chi connectivity index (χ0n) is 20.5. The molecule has 0 aliphatic carbocycles. The van der Waals surface area contributed by atoms with Gasteiger partial charge in [-0.1, -0.05) is 29.3 Å². The van der Waals surface area contributed by atoms with E-state index >= 15 is 0 Å². The predicted octanol–water partition coefficient (Wildman–Crippen LogP) is 5.36. The smallest absolute Gasteiger partial charge is 0.265 e. The Morgan fingerprint density at radius 2 is 1.81 bits per heavy atom. The molecule has 10 heteroatoms. The molecule has 2 aromatic carbocycles. The number of likely N-dealkylation sites (tertiary alicyclic amines) is 1. The van der Waals surface area contributed by atoms with Crippen molar-refractivity contribution >= 4 is 52.3 Å². The number of carbonyl (C=O) groups excluding carboxylic acids is 1. The number of rotatable bonds is 5. The van der Waals surface area contributed by atoms with Crippen molar-refractivity contribution < 1.29 is 9.53 Å². The van der Waals surface area contributed by atoms with Crippen molar-refractivity contribution in [2.75, 3.05) is 49.0 Å². The molecule has 188 valence electrons. The van der Waals surface area contributed by atoms with Gasteiger partial charge in [-0.15, -0.1) is 0 Å². The lowest BCUT2D eigenvalue weighted by Gasteiger charge is -2.35. The molecule has 1 fully saturated rings. The van der Waals surface area contributed by atoms with Gasteiger partial charge in [0.1, 0.15) is 23.2 Å². The van der Waals surface area contributed by atoms with Gasteiger partial charge in [0.05, 0.1) is 22.4 Å². The number of amides is 1. The number of nitrogens with one attached hydrogen (secondary N) is 1. The Balaban J connectivity index is 1.32. The number of aryl methyl sites for hydroxylation is 1. The maximum Gasteiger partial charge on any atom is 0.265 e. The first kappa shape index (κ1) is 24.6. The van der Waals surface area contributed by atoms with Crippen LogP contribution in [-0.2, 0) is 0 Å². The van der Waals surface area contributed by atoms with E-state index < -0.39 is 0 Å². The number of nitrogens with zero attached hydrogens (tertiary/aromatic N) is 5. The third-order valence-corrected chi connectivity index (χ3v) is 7.17. The van der Waals surface area contributed by atoms with Crippen LogP contribution in [-0.4, -0.2) is 60.7 Å². The summed E-state index contributed by atoms with van der Waals surface area (Å²) in [6.45, 7) is 4.40. The van der Waals surface area contributed by atoms with Gasteiger partial charge in [-0.2, -0.15) is 4.98 Å². The molecule has 36 heavy (non-hydrogen) atoms. The Bertz CT molecular complexity index is 1280. The van der Waals surface area contributed by atoms with E-state index in [4.69, 9.17) is 27.9 Å². The zero-order valence-corrected chi connectivity index (χ0v) is 22.0. The molecule has 0 spiro atoms. The van der Waals surface area contributed by atoms with Crippen LogP contribution < -0.4 is 19.9 Å². The average Bonchev–Trinajstić information content (AvgIpc) is 2.85. The van der Waals surface area contributed by atoms with Crippen LogP contribution in [0, 0.1) is 6.92 Å². The molecule has 3 heterocycles. The number of piperidine rings is 1. The third-order valence-electron chi connectivity index (χ3n) is 6.56. The highest BCUT2D eigenvalue weighted by Gasteiger charge is 2.32. The molecule has 0 radical (unpaired) electrons. The van der Waals surface area contributed by atoms with E-state index in [9.17, 15) is 4.79 Å². The van der Waals surface area contributed by atoms with E-state index in [-0.39, 0.29) is 18.7 Å². The second-order valence-electron chi connectivity index (χ2n) is 9.30. The summed E-state index contributed by atoms with van der Waals surface area (Å²) in [4.78, 5) is 28.0. The van der Waals surface area contributed by atoms with Crippen molar-refractivity contribution in [3.63, 3.8) is 0 Å². The Kier molecular flexibility index (Phi) is 6.92. The zero-order chi connectivity index (χ0) is 25.4. The Morgan fingerprint density at radius 3 is 2.50 bits per heavy atom. The fourth-order valence-corrected chi connectivity index (χ4v) is 5.16. The van der Waals surface area contributed by atoms with Crippen molar-refractivity contribution in [1.29, 1.82) is 0 Å². The number of fused-ring (bicyclic) bond motifs is 1. The average molecular weight is 527 g/mol. The van der Waals surface area contributed by atoms with Crippen LogP contribution >= 0.6 is 23.2 Å². The Hall–Kier alpha value is -3.07. The monoisotopic (exact) mass is 526 g/mol. The number of benzene rings is 2. The molecule has 8 nitrogen and oxygen atoms in total. The van der Waals surface area contributed by atoms with Gasteiger partial charge in [-0.25, -0.2) is 4.98 Å². The number of para-hydroxylation sites is 1. The van der Waals surface area contributed by atoms with E-state index in [0.717, 1.165) is 42.9 Å². The molecule has 1 N–H and O–H groups in total. The molecule has 1 saturated heterocycles. The number of aromatic nitrogens is 2. The van der Waals surface area contributed by atoms with Gasteiger partial charge in [-0.3, -0.25) is 9.69 Å². The first-order valence-corrected chi connectivity index (χ1v) is 12.6. The summed E-state index contributed by atoms with van der Waals surface area (Å²) in [6.07, 6.45) is 3.84. The summed E-state index contributed by atoms with van der Waals surface area (Å²) in [5, 5.41) is 4.07. The molecule has 2 aliphatic rings. The molecule has 3 aromatic rings. The van der Waals surface area contributed by atoms with Crippen molar-refractivity contribution in [2.45, 2.75) is 25.9 Å². The molecule has 0 unspecified atom stereocenters. The van der Waals surface area contributed by atoms with Crippen molar-refractivity contribution in [2.24, 2.45) is 0 Å². The largest absolute Gasteiger partial charge is 0.490 e. The lowest BCUT2D eigenvalue weighted by atomic mass is 10.1. The van der Waals surface area contributed by atoms with Crippen molar-refractivity contribution in [1.82, 2.24) is 14.9 Å². The molecule has 0 atom stereocenters. The molecule has 0 saturated carbocycles. The third kappa shape index (κ3) is 4.93. The van der Waals surface area contributed by atoms with E-state index in [1.165, 1.54) is 11.1 Å². The quantitative estimate of drug-likeness (QED) is 0.479. The number of ether oxygens (including phenoxy) is 1. The summed E-state index contributed by atoms with van der Waals surface area (Å²) in [5.74, 6) is 1.58. The number of anilines is 4. The van der Waals surface area contributed by atoms with E-state index in [2.05, 4.69) is 27.2 Å². The predicted molar refractivity (Wildman–Crippen MR) is 144 cm³/mol. The lowest BCUT2D eigenvalue weighted by Crippen LogP contribution is -2.46. The second kappa shape index (κ2) is 10.1. The highest BCUT2D eigenvalue weighted by atomic mass is 35.5. The minimum absolute atomic E-state index is 0.246. The van der Waals surface area contributed by atoms with Gasteiger partial charge in [0, 0.05) is 32.0 Å². The molecule has 5 rings (SSSR count). The van der Waals surface area contributed by atoms with Gasteiger partial charge < -0.3 is 19.9 Å². The van der Waals surface area contributed by atoms with Gasteiger partial charge in [0.15, 0.2) is 0 Å². The first-order valence-electron chi connectivity index (χ1n) is 11.9. The van der Waals surface area contributed by atoms with Crippen molar-refractivity contribution in [3.8, 4) is 5.75 Å². The standard InChI is InChI=1S/C26H28Cl2N6O2/c1-16-13-17(7-8-22(16)36-18-9-11-32(2)12-10-18)30-26-29-14-19-24(31-26)33(3)15-34(25(19)35)23-20(27)5-4-6-21(23)28/h4-8,13-14,18H,9-12,15H2,1-3H3,(H,29,30,31). The molecule has 1 amide bonds. The molecule has 1 aromatic heterocycles. The summed E-state index contributed by atoms with van der Waals surface area (Å²) >= 11 is 12.7. The Morgan fingerprint density at radius 1 is 1.08 bits per heavy atom. The SMILES string of the molecule is Cc1cc(Nc2ncc3c(n2)N(C)CN(c2c(Cl)cccc2Cl)C3=O)ccc1OC1CCN(C)CC1.